The minimum Gasteiger partial charge on any atom is -0.403 e. The van der Waals surface area contributed by atoms with Gasteiger partial charge in [-0.05, 0) is 43.4 Å². The van der Waals surface area contributed by atoms with Gasteiger partial charge in [0.2, 0.25) is 0 Å². The van der Waals surface area contributed by atoms with Gasteiger partial charge >= 0.3 is 6.01 Å². The summed E-state index contributed by atoms with van der Waals surface area (Å²) in [4.78, 5) is 2.55. The maximum absolute atomic E-state index is 5.73. The Morgan fingerprint density at radius 3 is 3.05 bits per heavy atom. The Hall–Kier alpha value is -2.15. The Balaban J connectivity index is 1.49. The molecule has 0 unspecified atom stereocenters. The molecule has 3 aromatic rings. The Labute approximate surface area is 132 Å². The summed E-state index contributed by atoms with van der Waals surface area (Å²) in [5.41, 5.74) is 2.51. The quantitative estimate of drug-likeness (QED) is 0.801. The molecule has 6 nitrogen and oxygen atoms in total. The monoisotopic (exact) mass is 315 g/mol. The van der Waals surface area contributed by atoms with Crippen LogP contribution in [0.4, 0.5) is 6.01 Å². The molecule has 0 amide bonds. The van der Waals surface area contributed by atoms with Crippen LogP contribution in [0.15, 0.2) is 22.7 Å². The minimum atomic E-state index is 0.447. The molecule has 0 spiro atoms. The molecule has 114 valence electrons. The van der Waals surface area contributed by atoms with Crippen molar-refractivity contribution >= 4 is 17.4 Å². The van der Waals surface area contributed by atoms with E-state index in [0.29, 0.717) is 18.5 Å². The summed E-state index contributed by atoms with van der Waals surface area (Å²) in [7, 11) is 1.91. The maximum Gasteiger partial charge on any atom is 0.316 e. The number of fused-ring (bicyclic) bond motifs is 1. The van der Waals surface area contributed by atoms with Gasteiger partial charge in [-0.1, -0.05) is 5.10 Å². The summed E-state index contributed by atoms with van der Waals surface area (Å²) >= 11 is 1.78. The molecule has 1 N–H and O–H groups in total. The van der Waals surface area contributed by atoms with Gasteiger partial charge in [0.05, 0.1) is 17.1 Å². The van der Waals surface area contributed by atoms with Gasteiger partial charge in [-0.2, -0.15) is 5.10 Å². The van der Waals surface area contributed by atoms with Crippen LogP contribution in [0.5, 0.6) is 0 Å². The summed E-state index contributed by atoms with van der Waals surface area (Å²) < 4.78 is 7.55. The molecule has 7 heteroatoms. The van der Waals surface area contributed by atoms with Crippen molar-refractivity contribution in [2.45, 2.75) is 32.2 Å². The lowest BCUT2D eigenvalue weighted by Crippen LogP contribution is -2.05. The highest BCUT2D eigenvalue weighted by Gasteiger charge is 2.17. The molecule has 0 bridgehead atoms. The fourth-order valence-electron chi connectivity index (χ4n) is 2.73. The van der Waals surface area contributed by atoms with Gasteiger partial charge < -0.3 is 9.73 Å². The second kappa shape index (κ2) is 5.57. The van der Waals surface area contributed by atoms with E-state index in [1.54, 1.807) is 17.5 Å². The van der Waals surface area contributed by atoms with Crippen molar-refractivity contribution in [3.63, 3.8) is 0 Å². The summed E-state index contributed by atoms with van der Waals surface area (Å²) in [6.45, 7) is 0.610. The highest BCUT2D eigenvalue weighted by atomic mass is 32.1. The molecular formula is C15H17N5OS. The lowest BCUT2D eigenvalue weighted by Gasteiger charge is -2.08. The first-order valence-electron chi connectivity index (χ1n) is 7.46. The highest BCUT2D eigenvalue weighted by molar-refractivity contribution is 7.15. The molecule has 0 saturated carbocycles. The first-order valence-corrected chi connectivity index (χ1v) is 8.27. The molecule has 0 saturated heterocycles. The zero-order chi connectivity index (χ0) is 14.9. The number of aryl methyl sites for hydroxylation is 3. The molecule has 0 radical (unpaired) electrons. The van der Waals surface area contributed by atoms with Crippen molar-refractivity contribution in [2.75, 3.05) is 5.32 Å². The molecule has 0 aromatic carbocycles. The Kier molecular flexibility index (Phi) is 3.42. The zero-order valence-corrected chi connectivity index (χ0v) is 13.2. The number of anilines is 1. The van der Waals surface area contributed by atoms with Crippen molar-refractivity contribution in [1.29, 1.82) is 0 Å². The number of hydrogen-bond acceptors (Lipinski definition) is 6. The van der Waals surface area contributed by atoms with E-state index < -0.39 is 0 Å². The van der Waals surface area contributed by atoms with E-state index in [9.17, 15) is 0 Å². The molecule has 22 heavy (non-hydrogen) atoms. The second-order valence-corrected chi connectivity index (χ2v) is 6.61. The molecular weight excluding hydrogens is 298 g/mol. The molecule has 4 rings (SSSR count). The summed E-state index contributed by atoms with van der Waals surface area (Å²) in [6.07, 6.45) is 6.69. The Morgan fingerprint density at radius 2 is 2.23 bits per heavy atom. The van der Waals surface area contributed by atoms with Crippen molar-refractivity contribution in [3.8, 4) is 10.8 Å². The summed E-state index contributed by atoms with van der Waals surface area (Å²) in [5, 5.41) is 15.5. The maximum atomic E-state index is 5.73. The average Bonchev–Trinajstić information content (AvgIpc) is 3.24. The largest absolute Gasteiger partial charge is 0.403 e. The van der Waals surface area contributed by atoms with Crippen LogP contribution >= 0.6 is 11.3 Å². The van der Waals surface area contributed by atoms with Crippen LogP contribution in [-0.2, 0) is 26.4 Å². The van der Waals surface area contributed by atoms with Gasteiger partial charge in [0.1, 0.15) is 0 Å². The van der Waals surface area contributed by atoms with Crippen LogP contribution in [0.2, 0.25) is 0 Å². The van der Waals surface area contributed by atoms with Crippen LogP contribution in [0.25, 0.3) is 10.8 Å². The van der Waals surface area contributed by atoms with E-state index in [-0.39, 0.29) is 0 Å². The Bertz CT molecular complexity index is 764. The third-order valence-electron chi connectivity index (χ3n) is 3.98. The van der Waals surface area contributed by atoms with Gasteiger partial charge in [0.25, 0.3) is 5.89 Å². The third-order valence-corrected chi connectivity index (χ3v) is 5.20. The molecule has 3 aromatic heterocycles. The van der Waals surface area contributed by atoms with E-state index in [1.165, 1.54) is 36.1 Å². The van der Waals surface area contributed by atoms with Gasteiger partial charge in [-0.3, -0.25) is 4.68 Å². The molecule has 1 aliphatic carbocycles. The topological polar surface area (TPSA) is 68.8 Å². The number of rotatable bonds is 4. The summed E-state index contributed by atoms with van der Waals surface area (Å²) in [5.74, 6) is 0.604. The van der Waals surface area contributed by atoms with E-state index in [4.69, 9.17) is 4.42 Å². The molecule has 1 aliphatic rings. The minimum absolute atomic E-state index is 0.447. The van der Waals surface area contributed by atoms with Crippen molar-refractivity contribution in [1.82, 2.24) is 20.0 Å². The van der Waals surface area contributed by atoms with Crippen LogP contribution in [0.3, 0.4) is 0 Å². The fraction of sp³-hybridized carbons (Fsp3) is 0.400. The van der Waals surface area contributed by atoms with Crippen LogP contribution in [-0.4, -0.2) is 20.0 Å². The van der Waals surface area contributed by atoms with Crippen molar-refractivity contribution < 1.29 is 4.42 Å². The average molecular weight is 315 g/mol. The SMILES string of the molecule is Cn1nccc1CNc1nnc(-c2cc3c(s2)CCCC3)o1. The van der Waals surface area contributed by atoms with Crippen molar-refractivity contribution in [2.24, 2.45) is 7.05 Å². The lowest BCUT2D eigenvalue weighted by atomic mass is 9.99. The Morgan fingerprint density at radius 1 is 1.32 bits per heavy atom. The predicted molar refractivity (Wildman–Crippen MR) is 84.8 cm³/mol. The molecule has 0 fully saturated rings. The van der Waals surface area contributed by atoms with Crippen LogP contribution in [0, 0.1) is 0 Å². The smallest absolute Gasteiger partial charge is 0.316 e. The highest BCUT2D eigenvalue weighted by Crippen LogP contribution is 2.35. The lowest BCUT2D eigenvalue weighted by molar-refractivity contribution is 0.579. The molecule has 3 heterocycles. The van der Waals surface area contributed by atoms with Gasteiger partial charge in [0.15, 0.2) is 0 Å². The number of nitrogens with one attached hydrogen (secondary N) is 1. The third kappa shape index (κ3) is 2.52. The van der Waals surface area contributed by atoms with E-state index >= 15 is 0 Å². The molecule has 0 aliphatic heterocycles. The number of hydrogen-bond donors (Lipinski definition) is 1. The number of thiophene rings is 1. The summed E-state index contributed by atoms with van der Waals surface area (Å²) in [6, 6.07) is 4.61. The van der Waals surface area contributed by atoms with Crippen LogP contribution in [0.1, 0.15) is 29.0 Å². The standard InChI is InChI=1S/C15H17N5OS/c1-20-11(6-7-17-20)9-16-15-19-18-14(21-15)13-8-10-4-2-3-5-12(10)22-13/h6-8H,2-5,9H2,1H3,(H,16,19). The van der Waals surface area contributed by atoms with E-state index in [2.05, 4.69) is 26.7 Å². The van der Waals surface area contributed by atoms with E-state index in [0.717, 1.165) is 10.6 Å². The normalized spacial score (nSPS) is 14.0. The number of aromatic nitrogens is 4. The fourth-order valence-corrected chi connectivity index (χ4v) is 3.91. The number of nitrogens with zero attached hydrogens (tertiary/aromatic N) is 4. The van der Waals surface area contributed by atoms with Crippen molar-refractivity contribution in [3.05, 3.63) is 34.5 Å². The van der Waals surface area contributed by atoms with Gasteiger partial charge in [-0.25, -0.2) is 0 Å². The van der Waals surface area contributed by atoms with E-state index in [1.807, 2.05) is 17.8 Å². The second-order valence-electron chi connectivity index (χ2n) is 5.48. The van der Waals surface area contributed by atoms with Gasteiger partial charge in [-0.15, -0.1) is 16.4 Å². The van der Waals surface area contributed by atoms with Crippen LogP contribution < -0.4 is 5.32 Å². The molecule has 0 atom stereocenters. The first-order chi connectivity index (χ1) is 10.8. The first kappa shape index (κ1) is 13.5. The predicted octanol–water partition coefficient (Wildman–Crippen LogP) is 3.02. The zero-order valence-electron chi connectivity index (χ0n) is 12.4. The van der Waals surface area contributed by atoms with Gasteiger partial charge in [0, 0.05) is 18.1 Å².